The van der Waals surface area contributed by atoms with Crippen LogP contribution in [0.1, 0.15) is 11.1 Å². The number of carbonyl (C=O) groups excluding carboxylic acids is 1. The highest BCUT2D eigenvalue weighted by atomic mass is 16.5. The first-order valence-electron chi connectivity index (χ1n) is 6.58. The van der Waals surface area contributed by atoms with E-state index in [4.69, 9.17) is 15.2 Å². The average molecular weight is 283 g/mol. The van der Waals surface area contributed by atoms with Gasteiger partial charge in [-0.1, -0.05) is 60.7 Å². The van der Waals surface area contributed by atoms with Gasteiger partial charge in [0.05, 0.1) is 6.08 Å². The van der Waals surface area contributed by atoms with Crippen molar-refractivity contribution in [3.05, 3.63) is 83.7 Å². The number of ether oxygens (including phenoxy) is 2. The molecule has 0 radical (unpaired) electrons. The maximum Gasteiger partial charge on any atom is 0.336 e. The van der Waals surface area contributed by atoms with Gasteiger partial charge in [-0.25, -0.2) is 4.79 Å². The highest BCUT2D eigenvalue weighted by Crippen LogP contribution is 2.04. The van der Waals surface area contributed by atoms with E-state index in [1.165, 1.54) is 0 Å². The van der Waals surface area contributed by atoms with Crippen LogP contribution in [0.2, 0.25) is 0 Å². The van der Waals surface area contributed by atoms with Gasteiger partial charge in [0.15, 0.2) is 5.88 Å². The zero-order valence-electron chi connectivity index (χ0n) is 11.6. The van der Waals surface area contributed by atoms with Gasteiger partial charge in [-0.2, -0.15) is 0 Å². The second kappa shape index (κ2) is 7.75. The molecule has 0 aliphatic heterocycles. The molecule has 2 N–H and O–H groups in total. The summed E-state index contributed by atoms with van der Waals surface area (Å²) in [5.74, 6) is -0.485. The lowest BCUT2D eigenvalue weighted by molar-refractivity contribution is -0.139. The second-order valence-electron chi connectivity index (χ2n) is 4.41. The van der Waals surface area contributed by atoms with Gasteiger partial charge >= 0.3 is 5.97 Å². The van der Waals surface area contributed by atoms with Gasteiger partial charge in [-0.15, -0.1) is 0 Å². The lowest BCUT2D eigenvalue weighted by atomic mass is 10.2. The Balaban J connectivity index is 1.77. The summed E-state index contributed by atoms with van der Waals surface area (Å²) in [5, 5.41) is 0. The van der Waals surface area contributed by atoms with E-state index in [1.807, 2.05) is 60.7 Å². The molecule has 0 spiro atoms. The molecule has 0 fully saturated rings. The number of carbonyl (C=O) groups is 1. The average Bonchev–Trinajstić information content (AvgIpc) is 2.53. The fourth-order valence-electron chi connectivity index (χ4n) is 1.67. The molecule has 0 saturated carbocycles. The van der Waals surface area contributed by atoms with Crippen LogP contribution in [-0.2, 0) is 27.5 Å². The van der Waals surface area contributed by atoms with Crippen molar-refractivity contribution in [3.8, 4) is 0 Å². The lowest BCUT2D eigenvalue weighted by Gasteiger charge is -2.06. The van der Waals surface area contributed by atoms with Gasteiger partial charge in [0.1, 0.15) is 13.2 Å². The Kier molecular flexibility index (Phi) is 5.41. The summed E-state index contributed by atoms with van der Waals surface area (Å²) in [5.41, 5.74) is 7.53. The van der Waals surface area contributed by atoms with Crippen LogP contribution in [0.3, 0.4) is 0 Å². The number of hydrogen-bond acceptors (Lipinski definition) is 4. The number of hydrogen-bond donors (Lipinski definition) is 1. The van der Waals surface area contributed by atoms with Crippen molar-refractivity contribution in [2.75, 3.05) is 0 Å². The SMILES string of the molecule is NC(=CC(=O)OCc1ccccc1)OCc1ccccc1. The summed E-state index contributed by atoms with van der Waals surface area (Å²) >= 11 is 0. The number of esters is 1. The highest BCUT2D eigenvalue weighted by Gasteiger charge is 2.02. The fourth-order valence-corrected chi connectivity index (χ4v) is 1.67. The Bertz CT molecular complexity index is 594. The van der Waals surface area contributed by atoms with E-state index in [0.29, 0.717) is 6.61 Å². The number of rotatable bonds is 6. The number of benzene rings is 2. The van der Waals surface area contributed by atoms with Crippen LogP contribution in [0.4, 0.5) is 0 Å². The molecule has 2 rings (SSSR count). The maximum atomic E-state index is 11.6. The summed E-state index contributed by atoms with van der Waals surface area (Å²) in [6.07, 6.45) is 1.14. The van der Waals surface area contributed by atoms with E-state index < -0.39 is 5.97 Å². The third-order valence-electron chi connectivity index (χ3n) is 2.73. The minimum Gasteiger partial charge on any atom is -0.474 e. The molecule has 4 nitrogen and oxygen atoms in total. The van der Waals surface area contributed by atoms with Crippen molar-refractivity contribution in [1.29, 1.82) is 0 Å². The molecule has 0 aliphatic carbocycles. The first kappa shape index (κ1) is 14.7. The first-order valence-corrected chi connectivity index (χ1v) is 6.58. The Morgan fingerprint density at radius 2 is 1.33 bits per heavy atom. The van der Waals surface area contributed by atoms with Gasteiger partial charge < -0.3 is 15.2 Å². The largest absolute Gasteiger partial charge is 0.474 e. The first-order chi connectivity index (χ1) is 10.2. The third-order valence-corrected chi connectivity index (χ3v) is 2.73. The van der Waals surface area contributed by atoms with Crippen LogP contribution < -0.4 is 5.73 Å². The molecule has 0 unspecified atom stereocenters. The summed E-state index contributed by atoms with van der Waals surface area (Å²) in [4.78, 5) is 11.6. The van der Waals surface area contributed by atoms with Gasteiger partial charge in [-0.05, 0) is 11.1 Å². The Labute approximate surface area is 123 Å². The second-order valence-corrected chi connectivity index (χ2v) is 4.41. The van der Waals surface area contributed by atoms with E-state index in [-0.39, 0.29) is 12.5 Å². The van der Waals surface area contributed by atoms with Crippen LogP contribution in [0.5, 0.6) is 0 Å². The molecule has 2 aromatic rings. The van der Waals surface area contributed by atoms with Gasteiger partial charge in [-0.3, -0.25) is 0 Å². The molecule has 0 bridgehead atoms. The molecule has 0 saturated heterocycles. The molecule has 2 aromatic carbocycles. The summed E-state index contributed by atoms with van der Waals surface area (Å²) in [6, 6.07) is 19.0. The standard InChI is InChI=1S/C17H17NO3/c18-16(20-12-14-7-3-1-4-8-14)11-17(19)21-13-15-9-5-2-6-10-15/h1-11H,12-13,18H2. The van der Waals surface area contributed by atoms with Crippen molar-refractivity contribution >= 4 is 5.97 Å². The highest BCUT2D eigenvalue weighted by molar-refractivity contribution is 5.82. The fraction of sp³-hybridized carbons (Fsp3) is 0.118. The molecule has 0 aromatic heterocycles. The zero-order valence-corrected chi connectivity index (χ0v) is 11.6. The van der Waals surface area contributed by atoms with Crippen LogP contribution in [0.15, 0.2) is 72.6 Å². The van der Waals surface area contributed by atoms with E-state index in [0.717, 1.165) is 17.2 Å². The van der Waals surface area contributed by atoms with Crippen molar-refractivity contribution in [2.24, 2.45) is 5.73 Å². The van der Waals surface area contributed by atoms with Gasteiger partial charge in [0.25, 0.3) is 0 Å². The smallest absolute Gasteiger partial charge is 0.336 e. The van der Waals surface area contributed by atoms with Crippen molar-refractivity contribution in [2.45, 2.75) is 13.2 Å². The molecule has 108 valence electrons. The van der Waals surface area contributed by atoms with Crippen molar-refractivity contribution in [3.63, 3.8) is 0 Å². The van der Waals surface area contributed by atoms with Crippen LogP contribution in [-0.4, -0.2) is 5.97 Å². The number of nitrogens with two attached hydrogens (primary N) is 1. The Hall–Kier alpha value is -2.75. The molecule has 21 heavy (non-hydrogen) atoms. The summed E-state index contributed by atoms with van der Waals surface area (Å²) < 4.78 is 10.4. The predicted molar refractivity (Wildman–Crippen MR) is 79.7 cm³/mol. The van der Waals surface area contributed by atoms with Crippen LogP contribution in [0.25, 0.3) is 0 Å². The molecular formula is C17H17NO3. The Morgan fingerprint density at radius 3 is 1.86 bits per heavy atom. The molecular weight excluding hydrogens is 266 g/mol. The van der Waals surface area contributed by atoms with E-state index in [2.05, 4.69) is 0 Å². The van der Waals surface area contributed by atoms with Crippen molar-refractivity contribution < 1.29 is 14.3 Å². The van der Waals surface area contributed by atoms with E-state index in [1.54, 1.807) is 0 Å². The minimum absolute atomic E-state index is 0.0388. The van der Waals surface area contributed by atoms with Gasteiger partial charge in [0, 0.05) is 0 Å². The molecule has 0 aliphatic rings. The summed E-state index contributed by atoms with van der Waals surface area (Å²) in [7, 11) is 0. The molecule has 0 amide bonds. The minimum atomic E-state index is -0.524. The van der Waals surface area contributed by atoms with Crippen molar-refractivity contribution in [1.82, 2.24) is 0 Å². The maximum absolute atomic E-state index is 11.6. The topological polar surface area (TPSA) is 61.6 Å². The van der Waals surface area contributed by atoms with Crippen LogP contribution in [0, 0.1) is 0 Å². The molecule has 4 heteroatoms. The van der Waals surface area contributed by atoms with Gasteiger partial charge in [0.2, 0.25) is 0 Å². The zero-order chi connectivity index (χ0) is 14.9. The Morgan fingerprint density at radius 1 is 0.857 bits per heavy atom. The summed E-state index contributed by atoms with van der Waals surface area (Å²) in [6.45, 7) is 0.525. The molecule has 0 atom stereocenters. The monoisotopic (exact) mass is 283 g/mol. The van der Waals surface area contributed by atoms with E-state index >= 15 is 0 Å². The molecule has 0 heterocycles. The third kappa shape index (κ3) is 5.40. The quantitative estimate of drug-likeness (QED) is 0.503. The van der Waals surface area contributed by atoms with E-state index in [9.17, 15) is 4.79 Å². The normalized spacial score (nSPS) is 11.0. The predicted octanol–water partition coefficient (Wildman–Crippen LogP) is 2.75. The van der Waals surface area contributed by atoms with Crippen LogP contribution >= 0.6 is 0 Å². The lowest BCUT2D eigenvalue weighted by Crippen LogP contribution is -2.09.